The van der Waals surface area contributed by atoms with Crippen molar-refractivity contribution < 1.29 is 4.42 Å². The Morgan fingerprint density at radius 3 is 1.75 bits per heavy atom. The minimum absolute atomic E-state index is 0.497. The average molecular weight is 662 g/mol. The predicted molar refractivity (Wildman–Crippen MR) is 213 cm³/mol. The summed E-state index contributed by atoms with van der Waals surface area (Å²) in [5, 5.41) is 2.25. The van der Waals surface area contributed by atoms with Crippen LogP contribution in [0.25, 0.3) is 55.3 Å². The molecule has 9 aromatic rings. The lowest BCUT2D eigenvalue weighted by molar-refractivity contribution is 0.669. The number of hydrogen-bond acceptors (Lipinski definition) is 2. The number of anilines is 3. The molecule has 0 bridgehead atoms. The van der Waals surface area contributed by atoms with Crippen LogP contribution in [0.15, 0.2) is 180 Å². The third kappa shape index (κ3) is 3.49. The van der Waals surface area contributed by atoms with E-state index in [-0.39, 0.29) is 0 Å². The zero-order valence-electron chi connectivity index (χ0n) is 28.3. The van der Waals surface area contributed by atoms with Gasteiger partial charge < -0.3 is 9.32 Å². The molecule has 8 aromatic carbocycles. The molecule has 0 radical (unpaired) electrons. The van der Waals surface area contributed by atoms with E-state index in [2.05, 4.69) is 181 Å². The zero-order chi connectivity index (χ0) is 34.0. The molecule has 0 N–H and O–H groups in total. The Bertz CT molecular complexity index is 2900. The summed E-state index contributed by atoms with van der Waals surface area (Å²) < 4.78 is 6.82. The largest absolute Gasteiger partial charge is 0.454 e. The van der Waals surface area contributed by atoms with Gasteiger partial charge in [0.2, 0.25) is 0 Å². The van der Waals surface area contributed by atoms with E-state index in [0.29, 0.717) is 0 Å². The molecule has 3 aliphatic carbocycles. The molecule has 0 atom stereocenters. The van der Waals surface area contributed by atoms with Gasteiger partial charge in [0, 0.05) is 22.0 Å². The van der Waals surface area contributed by atoms with Crippen molar-refractivity contribution in [1.82, 2.24) is 0 Å². The van der Waals surface area contributed by atoms with Crippen molar-refractivity contribution in [1.29, 1.82) is 0 Å². The summed E-state index contributed by atoms with van der Waals surface area (Å²) in [6.45, 7) is 0. The maximum absolute atomic E-state index is 6.82. The van der Waals surface area contributed by atoms with Crippen molar-refractivity contribution in [3.05, 3.63) is 209 Å². The van der Waals surface area contributed by atoms with E-state index in [4.69, 9.17) is 4.42 Å². The van der Waals surface area contributed by atoms with Gasteiger partial charge in [-0.25, -0.2) is 0 Å². The number of fused-ring (bicyclic) bond motifs is 16. The number of hydrogen-bond donors (Lipinski definition) is 0. The van der Waals surface area contributed by atoms with Crippen LogP contribution >= 0.6 is 0 Å². The van der Waals surface area contributed by atoms with E-state index in [1.165, 1.54) is 66.8 Å². The molecular weight excluding hydrogens is 631 g/mol. The molecule has 0 fully saturated rings. The molecule has 0 amide bonds. The first kappa shape index (κ1) is 28.1. The Balaban J connectivity index is 1.21. The minimum atomic E-state index is -0.497. The first-order chi connectivity index (χ1) is 25.8. The van der Waals surface area contributed by atoms with Gasteiger partial charge in [0.25, 0.3) is 0 Å². The highest BCUT2D eigenvalue weighted by Gasteiger charge is 2.53. The molecule has 2 heteroatoms. The van der Waals surface area contributed by atoms with Gasteiger partial charge in [-0.1, -0.05) is 146 Å². The molecule has 52 heavy (non-hydrogen) atoms. The van der Waals surface area contributed by atoms with Crippen molar-refractivity contribution in [2.24, 2.45) is 0 Å². The van der Waals surface area contributed by atoms with Crippen LogP contribution in [0.1, 0.15) is 33.4 Å². The molecule has 1 aromatic heterocycles. The Kier molecular flexibility index (Phi) is 5.52. The van der Waals surface area contributed by atoms with Crippen LogP contribution in [0.3, 0.4) is 0 Å². The summed E-state index contributed by atoms with van der Waals surface area (Å²) in [5.74, 6) is 0. The number of para-hydroxylation sites is 2. The van der Waals surface area contributed by atoms with E-state index < -0.39 is 5.41 Å². The van der Waals surface area contributed by atoms with Gasteiger partial charge in [0.15, 0.2) is 5.58 Å². The van der Waals surface area contributed by atoms with E-state index in [9.17, 15) is 0 Å². The van der Waals surface area contributed by atoms with Gasteiger partial charge in [-0.15, -0.1) is 0 Å². The van der Waals surface area contributed by atoms with Gasteiger partial charge >= 0.3 is 0 Å². The molecule has 12 rings (SSSR count). The zero-order valence-corrected chi connectivity index (χ0v) is 28.3. The van der Waals surface area contributed by atoms with Gasteiger partial charge in [-0.2, -0.15) is 0 Å². The molecule has 3 aliphatic rings. The van der Waals surface area contributed by atoms with Crippen molar-refractivity contribution >= 4 is 39.0 Å². The van der Waals surface area contributed by atoms with Gasteiger partial charge in [0.1, 0.15) is 5.58 Å². The predicted octanol–water partition coefficient (Wildman–Crippen LogP) is 13.0. The fourth-order valence-electron chi connectivity index (χ4n) is 9.91. The third-order valence-corrected chi connectivity index (χ3v) is 11.9. The maximum Gasteiger partial charge on any atom is 0.159 e. The van der Waals surface area contributed by atoms with Crippen LogP contribution in [0.5, 0.6) is 0 Å². The summed E-state index contributed by atoms with van der Waals surface area (Å²) in [4.78, 5) is 2.49. The molecule has 0 unspecified atom stereocenters. The van der Waals surface area contributed by atoms with E-state index in [1.807, 2.05) is 0 Å². The van der Waals surface area contributed by atoms with Crippen LogP contribution in [0, 0.1) is 0 Å². The second-order valence-corrected chi connectivity index (χ2v) is 14.3. The Morgan fingerprint density at radius 1 is 0.423 bits per heavy atom. The molecule has 0 saturated heterocycles. The lowest BCUT2D eigenvalue weighted by Gasteiger charge is -2.36. The maximum atomic E-state index is 6.82. The van der Waals surface area contributed by atoms with Crippen molar-refractivity contribution in [3.8, 4) is 33.4 Å². The molecule has 242 valence electrons. The van der Waals surface area contributed by atoms with Gasteiger partial charge in [-0.05, 0) is 98.0 Å². The molecule has 0 aliphatic heterocycles. The van der Waals surface area contributed by atoms with E-state index in [1.54, 1.807) is 0 Å². The SMILES string of the molecule is c1ccc2c(c1)Cc1cc(N(c3cccc4c3C3(c5ccccc5-c5ccccc53)c3ccccc3-4)c3cccc4c3oc3ccccc34)ccc1-2. The lowest BCUT2D eigenvalue weighted by atomic mass is 9.70. The highest BCUT2D eigenvalue weighted by molar-refractivity contribution is 6.11. The second-order valence-electron chi connectivity index (χ2n) is 14.3. The monoisotopic (exact) mass is 661 g/mol. The lowest BCUT2D eigenvalue weighted by Crippen LogP contribution is -2.28. The van der Waals surface area contributed by atoms with Gasteiger partial charge in [-0.3, -0.25) is 0 Å². The quantitative estimate of drug-likeness (QED) is 0.187. The summed E-state index contributed by atoms with van der Waals surface area (Å²) in [6.07, 6.45) is 0.922. The number of benzene rings is 8. The van der Waals surface area contributed by atoms with Crippen LogP contribution < -0.4 is 4.90 Å². The Hall–Kier alpha value is -6.64. The third-order valence-electron chi connectivity index (χ3n) is 11.9. The fraction of sp³-hybridized carbons (Fsp3) is 0.0400. The summed E-state index contributed by atoms with van der Waals surface area (Å²) in [7, 11) is 0. The molecule has 1 heterocycles. The standard InChI is InChI=1S/C50H31NO/c1-2-14-34-31(13-1)29-32-30-33(27-28-35(32)34)51(46-25-12-20-41-39-18-6-10-26-47(39)52-49(41)46)45-24-11-19-40-38-17-5-9-23-44(38)50(48(40)45)42-21-7-3-15-36(42)37-16-4-8-22-43(37)50/h1-28,30H,29H2. The number of furan rings is 1. The van der Waals surface area contributed by atoms with E-state index in [0.717, 1.165) is 45.4 Å². The topological polar surface area (TPSA) is 16.4 Å². The normalized spacial score (nSPS) is 13.8. The Morgan fingerprint density at radius 2 is 0.981 bits per heavy atom. The summed E-state index contributed by atoms with van der Waals surface area (Å²) >= 11 is 0. The van der Waals surface area contributed by atoms with Crippen LogP contribution in [0.4, 0.5) is 17.1 Å². The van der Waals surface area contributed by atoms with Crippen LogP contribution in [0.2, 0.25) is 0 Å². The summed E-state index contributed by atoms with van der Waals surface area (Å²) in [5.41, 5.74) is 20.5. The molecule has 0 saturated carbocycles. The van der Waals surface area contributed by atoms with Gasteiger partial charge in [0.05, 0.1) is 16.8 Å². The first-order valence-electron chi connectivity index (χ1n) is 18.1. The van der Waals surface area contributed by atoms with Crippen molar-refractivity contribution in [2.75, 3.05) is 4.90 Å². The van der Waals surface area contributed by atoms with Crippen LogP contribution in [-0.2, 0) is 11.8 Å². The smallest absolute Gasteiger partial charge is 0.159 e. The summed E-state index contributed by atoms with van der Waals surface area (Å²) in [6, 6.07) is 65.0. The van der Waals surface area contributed by atoms with Crippen LogP contribution in [-0.4, -0.2) is 0 Å². The first-order valence-corrected chi connectivity index (χ1v) is 18.1. The van der Waals surface area contributed by atoms with Crippen molar-refractivity contribution in [2.45, 2.75) is 11.8 Å². The second kappa shape index (κ2) is 10.2. The minimum Gasteiger partial charge on any atom is -0.454 e. The van der Waals surface area contributed by atoms with Crippen molar-refractivity contribution in [3.63, 3.8) is 0 Å². The number of rotatable bonds is 3. The highest BCUT2D eigenvalue weighted by Crippen LogP contribution is 2.65. The molecule has 1 spiro atoms. The highest BCUT2D eigenvalue weighted by atomic mass is 16.3. The fourth-order valence-corrected chi connectivity index (χ4v) is 9.91. The average Bonchev–Trinajstić information content (AvgIpc) is 3.94. The molecular formula is C50H31NO. The number of nitrogens with zero attached hydrogens (tertiary/aromatic N) is 1. The van der Waals surface area contributed by atoms with E-state index >= 15 is 0 Å². The molecule has 2 nitrogen and oxygen atoms in total. The Labute approximate surface area is 301 Å².